The Morgan fingerprint density at radius 2 is 1.77 bits per heavy atom. The number of nitrogens with zero attached hydrogens (tertiary/aromatic N) is 3. The minimum atomic E-state index is -0.0573. The highest BCUT2D eigenvalue weighted by Gasteiger charge is 2.29. The van der Waals surface area contributed by atoms with Gasteiger partial charge in [-0.25, -0.2) is 9.50 Å². The average Bonchev–Trinajstić information content (AvgIpc) is 3.55. The van der Waals surface area contributed by atoms with Crippen molar-refractivity contribution in [1.29, 1.82) is 0 Å². The number of fused-ring (bicyclic) bond motifs is 1. The molecule has 2 amide bonds. The number of amides is 2. The SMILES string of the molecule is O=C(Nc1cccc(Oc2ccc3nc(NC(=O)C4CCOCC4)cn3n2)c1)C1CC1. The molecule has 160 valence electrons. The van der Waals surface area contributed by atoms with E-state index < -0.39 is 0 Å². The molecular weight excluding hydrogens is 398 g/mol. The van der Waals surface area contributed by atoms with E-state index in [4.69, 9.17) is 9.47 Å². The Balaban J connectivity index is 1.26. The van der Waals surface area contributed by atoms with Gasteiger partial charge in [-0.2, -0.15) is 0 Å². The lowest BCUT2D eigenvalue weighted by Crippen LogP contribution is -2.28. The highest BCUT2D eigenvalue weighted by molar-refractivity contribution is 5.94. The Bertz CT molecular complexity index is 1120. The Kier molecular flexibility index (Phi) is 5.25. The lowest BCUT2D eigenvalue weighted by Gasteiger charge is -2.20. The minimum absolute atomic E-state index is 0.0467. The molecule has 2 N–H and O–H groups in total. The number of benzene rings is 1. The van der Waals surface area contributed by atoms with Crippen LogP contribution in [0.3, 0.4) is 0 Å². The molecule has 1 aromatic carbocycles. The molecule has 0 spiro atoms. The van der Waals surface area contributed by atoms with Crippen molar-refractivity contribution in [3.8, 4) is 11.6 Å². The van der Waals surface area contributed by atoms with Crippen LogP contribution in [0.25, 0.3) is 5.65 Å². The number of ether oxygens (including phenoxy) is 2. The van der Waals surface area contributed by atoms with Crippen LogP contribution in [0, 0.1) is 11.8 Å². The zero-order valence-electron chi connectivity index (χ0n) is 16.9. The first-order chi connectivity index (χ1) is 15.1. The van der Waals surface area contributed by atoms with Gasteiger partial charge >= 0.3 is 0 Å². The van der Waals surface area contributed by atoms with Crippen LogP contribution < -0.4 is 15.4 Å². The van der Waals surface area contributed by atoms with Gasteiger partial charge in [0.2, 0.25) is 17.7 Å². The second kappa shape index (κ2) is 8.35. The van der Waals surface area contributed by atoms with E-state index in [2.05, 4.69) is 20.7 Å². The zero-order valence-corrected chi connectivity index (χ0v) is 16.9. The Morgan fingerprint density at radius 3 is 2.58 bits per heavy atom. The first-order valence-corrected chi connectivity index (χ1v) is 10.5. The van der Waals surface area contributed by atoms with Gasteiger partial charge in [0.1, 0.15) is 5.75 Å². The molecule has 5 rings (SSSR count). The van der Waals surface area contributed by atoms with Gasteiger partial charge in [0.05, 0.1) is 6.20 Å². The monoisotopic (exact) mass is 421 g/mol. The summed E-state index contributed by atoms with van der Waals surface area (Å²) in [5.41, 5.74) is 1.29. The van der Waals surface area contributed by atoms with E-state index in [9.17, 15) is 9.59 Å². The molecule has 0 unspecified atom stereocenters. The van der Waals surface area contributed by atoms with E-state index in [-0.39, 0.29) is 23.7 Å². The van der Waals surface area contributed by atoms with E-state index in [1.54, 1.807) is 35.0 Å². The first-order valence-electron chi connectivity index (χ1n) is 10.5. The molecular formula is C22H23N5O4. The molecule has 2 aromatic heterocycles. The lowest BCUT2D eigenvalue weighted by molar-refractivity contribution is -0.122. The van der Waals surface area contributed by atoms with E-state index >= 15 is 0 Å². The number of rotatable bonds is 6. The van der Waals surface area contributed by atoms with Gasteiger partial charge in [0.25, 0.3) is 0 Å². The van der Waals surface area contributed by atoms with Crippen molar-refractivity contribution in [2.75, 3.05) is 23.8 Å². The van der Waals surface area contributed by atoms with Crippen molar-refractivity contribution in [3.63, 3.8) is 0 Å². The molecule has 1 saturated heterocycles. The fourth-order valence-corrected chi connectivity index (χ4v) is 3.52. The molecule has 3 aromatic rings. The number of nitrogens with one attached hydrogen (secondary N) is 2. The molecule has 1 saturated carbocycles. The van der Waals surface area contributed by atoms with Crippen molar-refractivity contribution in [2.24, 2.45) is 11.8 Å². The van der Waals surface area contributed by atoms with Gasteiger partial charge < -0.3 is 20.1 Å². The second-order valence-corrected chi connectivity index (χ2v) is 7.87. The van der Waals surface area contributed by atoms with Gasteiger partial charge in [0.15, 0.2) is 11.5 Å². The van der Waals surface area contributed by atoms with E-state index in [0.29, 0.717) is 42.0 Å². The van der Waals surface area contributed by atoms with Crippen LogP contribution in [0.15, 0.2) is 42.6 Å². The summed E-state index contributed by atoms with van der Waals surface area (Å²) < 4.78 is 12.7. The molecule has 2 fully saturated rings. The van der Waals surface area contributed by atoms with Crippen molar-refractivity contribution in [2.45, 2.75) is 25.7 Å². The molecule has 0 atom stereocenters. The highest BCUT2D eigenvalue weighted by atomic mass is 16.5. The predicted molar refractivity (Wildman–Crippen MR) is 113 cm³/mol. The third-order valence-corrected chi connectivity index (χ3v) is 5.41. The van der Waals surface area contributed by atoms with Crippen LogP contribution in [0.1, 0.15) is 25.7 Å². The number of aromatic nitrogens is 3. The molecule has 9 nitrogen and oxygen atoms in total. The number of carbonyl (C=O) groups excluding carboxylic acids is 2. The normalized spacial score (nSPS) is 16.8. The van der Waals surface area contributed by atoms with Crippen molar-refractivity contribution < 1.29 is 19.1 Å². The molecule has 1 aliphatic carbocycles. The molecule has 1 aliphatic heterocycles. The smallest absolute Gasteiger partial charge is 0.237 e. The standard InChI is InChI=1S/C22H23N5O4/c28-21(14-4-5-14)23-16-2-1-3-17(12-16)31-20-7-6-19-24-18(13-27(19)26-20)25-22(29)15-8-10-30-11-9-15/h1-3,6-7,12-15H,4-5,8-11H2,(H,23,28)(H,25,29). The molecule has 0 bridgehead atoms. The van der Waals surface area contributed by atoms with Crippen molar-refractivity contribution >= 4 is 29.0 Å². The van der Waals surface area contributed by atoms with Gasteiger partial charge in [0, 0.05) is 42.9 Å². The van der Waals surface area contributed by atoms with Gasteiger partial charge in [-0.15, -0.1) is 5.10 Å². The van der Waals surface area contributed by atoms with Crippen molar-refractivity contribution in [1.82, 2.24) is 14.6 Å². The summed E-state index contributed by atoms with van der Waals surface area (Å²) in [5.74, 6) is 1.46. The zero-order chi connectivity index (χ0) is 21.2. The van der Waals surface area contributed by atoms with Crippen LogP contribution >= 0.6 is 0 Å². The van der Waals surface area contributed by atoms with Gasteiger partial charge in [-0.3, -0.25) is 9.59 Å². The van der Waals surface area contributed by atoms with Crippen LogP contribution in [-0.4, -0.2) is 39.6 Å². The van der Waals surface area contributed by atoms with Crippen LogP contribution in [0.4, 0.5) is 11.5 Å². The average molecular weight is 421 g/mol. The van der Waals surface area contributed by atoms with E-state index in [1.807, 2.05) is 12.1 Å². The fourth-order valence-electron chi connectivity index (χ4n) is 3.52. The third kappa shape index (κ3) is 4.66. The molecule has 0 radical (unpaired) electrons. The first kappa shape index (κ1) is 19.5. The van der Waals surface area contributed by atoms with Crippen molar-refractivity contribution in [3.05, 3.63) is 42.6 Å². The summed E-state index contributed by atoms with van der Waals surface area (Å²) in [6.07, 6.45) is 5.00. The number of imidazole rings is 1. The van der Waals surface area contributed by atoms with Crippen LogP contribution in [-0.2, 0) is 14.3 Å². The van der Waals surface area contributed by atoms with Crippen LogP contribution in [0.2, 0.25) is 0 Å². The third-order valence-electron chi connectivity index (χ3n) is 5.41. The second-order valence-electron chi connectivity index (χ2n) is 7.87. The Hall–Kier alpha value is -3.46. The van der Waals surface area contributed by atoms with E-state index in [1.165, 1.54) is 0 Å². The highest BCUT2D eigenvalue weighted by Crippen LogP contribution is 2.31. The lowest BCUT2D eigenvalue weighted by atomic mass is 10.00. The molecule has 3 heterocycles. The number of anilines is 2. The van der Waals surface area contributed by atoms with E-state index in [0.717, 1.165) is 25.7 Å². The fraction of sp³-hybridized carbons (Fsp3) is 0.364. The molecule has 2 aliphatic rings. The quantitative estimate of drug-likeness (QED) is 0.633. The molecule has 9 heteroatoms. The Morgan fingerprint density at radius 1 is 1.00 bits per heavy atom. The summed E-state index contributed by atoms with van der Waals surface area (Å²) in [4.78, 5) is 28.8. The maximum atomic E-state index is 12.4. The number of hydrogen-bond acceptors (Lipinski definition) is 6. The minimum Gasteiger partial charge on any atom is -0.438 e. The summed E-state index contributed by atoms with van der Waals surface area (Å²) >= 11 is 0. The van der Waals surface area contributed by atoms with Crippen LogP contribution in [0.5, 0.6) is 11.6 Å². The summed E-state index contributed by atoms with van der Waals surface area (Å²) in [6.45, 7) is 1.22. The summed E-state index contributed by atoms with van der Waals surface area (Å²) in [6, 6.07) is 10.7. The summed E-state index contributed by atoms with van der Waals surface area (Å²) in [5, 5.41) is 10.2. The topological polar surface area (TPSA) is 107 Å². The molecule has 31 heavy (non-hydrogen) atoms. The van der Waals surface area contributed by atoms with Gasteiger partial charge in [-0.05, 0) is 43.9 Å². The maximum absolute atomic E-state index is 12.4. The summed E-state index contributed by atoms with van der Waals surface area (Å²) in [7, 11) is 0. The number of hydrogen-bond donors (Lipinski definition) is 2. The largest absolute Gasteiger partial charge is 0.438 e. The Labute approximate surface area is 178 Å². The number of carbonyl (C=O) groups is 2. The predicted octanol–water partition coefficient (Wildman–Crippen LogP) is 3.24. The maximum Gasteiger partial charge on any atom is 0.237 e. The van der Waals surface area contributed by atoms with Gasteiger partial charge in [-0.1, -0.05) is 6.07 Å².